The summed E-state index contributed by atoms with van der Waals surface area (Å²) in [5.41, 5.74) is 14.1. The van der Waals surface area contributed by atoms with Crippen LogP contribution in [0.2, 0.25) is 0 Å². The van der Waals surface area contributed by atoms with E-state index in [1.807, 2.05) is 42.5 Å². The van der Waals surface area contributed by atoms with Gasteiger partial charge in [-0.25, -0.2) is 0 Å². The summed E-state index contributed by atoms with van der Waals surface area (Å²) in [5, 5.41) is 33.7. The molecule has 0 saturated carbocycles. The van der Waals surface area contributed by atoms with Gasteiger partial charge in [0.1, 0.15) is 0 Å². The monoisotopic (exact) mass is 685 g/mol. The van der Waals surface area contributed by atoms with Gasteiger partial charge in [0.2, 0.25) is 0 Å². The average molecular weight is 686 g/mol. The van der Waals surface area contributed by atoms with Crippen LogP contribution >= 0.6 is 0 Å². The Morgan fingerprint density at radius 2 is 1.58 bits per heavy atom. The summed E-state index contributed by atoms with van der Waals surface area (Å²) < 4.78 is 4.72. The Morgan fingerprint density at radius 1 is 0.811 bits per heavy atom. The first kappa shape index (κ1) is 33.5. The average Bonchev–Trinajstić information content (AvgIpc) is 3.57. The molecule has 4 aromatic carbocycles. The highest BCUT2D eigenvalue weighted by molar-refractivity contribution is 6.15. The Hall–Kier alpha value is -6.61. The van der Waals surface area contributed by atoms with Gasteiger partial charge in [0.25, 0.3) is 0 Å². The fourth-order valence-corrected chi connectivity index (χ4v) is 8.68. The standard InChI is InChI=1S/C48H39N5/c1-4-5-18-42-32(3)38-15-9-11-19-43(38)52(42)36-23-24-37(31(2)26-36)39-16-7-8-17-40(39)47-34(29-50)13-6-10-20-45(47)53-44-25-22-33(28-49)27-41(44)48-35(30-51)14-12-21-46(48)53/h4,7-9,11-17,19,21-25,27,31H,1,5-6,10,18,20,26H2,2-3H3. The maximum absolute atomic E-state index is 10.8. The highest BCUT2D eigenvalue weighted by Gasteiger charge is 2.28. The molecule has 0 aliphatic heterocycles. The Labute approximate surface area is 310 Å². The van der Waals surface area contributed by atoms with Crippen molar-refractivity contribution >= 4 is 55.2 Å². The zero-order valence-corrected chi connectivity index (χ0v) is 30.2. The van der Waals surface area contributed by atoms with Gasteiger partial charge in [-0.3, -0.25) is 0 Å². The van der Waals surface area contributed by atoms with Gasteiger partial charge in [-0.05, 0) is 116 Å². The summed E-state index contributed by atoms with van der Waals surface area (Å²) in [5.74, 6) is 0.213. The lowest BCUT2D eigenvalue weighted by atomic mass is 9.81. The molecule has 0 radical (unpaired) electrons. The second kappa shape index (κ2) is 13.8. The number of nitrogens with zero attached hydrogens (tertiary/aromatic N) is 5. The van der Waals surface area contributed by atoms with Crippen molar-refractivity contribution in [3.8, 4) is 18.2 Å². The summed E-state index contributed by atoms with van der Waals surface area (Å²) in [6.45, 7) is 8.55. The van der Waals surface area contributed by atoms with E-state index in [0.717, 1.165) is 82.7 Å². The maximum atomic E-state index is 10.8. The van der Waals surface area contributed by atoms with Crippen molar-refractivity contribution in [1.29, 1.82) is 15.8 Å². The third kappa shape index (κ3) is 5.52. The van der Waals surface area contributed by atoms with Crippen molar-refractivity contribution in [3.05, 3.63) is 155 Å². The number of aromatic nitrogens is 2. The van der Waals surface area contributed by atoms with E-state index < -0.39 is 0 Å². The summed E-state index contributed by atoms with van der Waals surface area (Å²) in [4.78, 5) is 0. The van der Waals surface area contributed by atoms with Crippen LogP contribution in [0.25, 0.3) is 55.2 Å². The van der Waals surface area contributed by atoms with Crippen LogP contribution in [0.3, 0.4) is 0 Å². The molecule has 53 heavy (non-hydrogen) atoms. The Bertz CT molecular complexity index is 2750. The van der Waals surface area contributed by atoms with E-state index in [2.05, 4.69) is 115 Å². The smallest absolute Gasteiger partial charge is 0.0998 e. The van der Waals surface area contributed by atoms with Crippen LogP contribution in [0, 0.1) is 46.8 Å². The Balaban J connectivity index is 1.36. The molecule has 0 amide bonds. The topological polar surface area (TPSA) is 81.2 Å². The molecule has 0 bridgehead atoms. The van der Waals surface area contributed by atoms with E-state index in [-0.39, 0.29) is 5.92 Å². The SMILES string of the molecule is C=CCCc1c(C)c2ccccc2n1C1=CC=C(c2ccccc2C2=C(n3c4ccc(C#N)cc4c4c(C#N)cccc43)CCCC=C2C#N)C(C)C1. The van der Waals surface area contributed by atoms with Crippen molar-refractivity contribution in [2.45, 2.75) is 52.4 Å². The molecule has 5 heteroatoms. The summed E-state index contributed by atoms with van der Waals surface area (Å²) >= 11 is 0. The minimum Gasteiger partial charge on any atom is -0.317 e. The van der Waals surface area contributed by atoms with Crippen LogP contribution < -0.4 is 0 Å². The minimum atomic E-state index is 0.213. The number of rotatable bonds is 7. The van der Waals surface area contributed by atoms with Gasteiger partial charge in [-0.15, -0.1) is 6.58 Å². The molecule has 5 nitrogen and oxygen atoms in total. The van der Waals surface area contributed by atoms with Gasteiger partial charge in [0.05, 0.1) is 51.5 Å². The van der Waals surface area contributed by atoms with E-state index in [9.17, 15) is 15.8 Å². The summed E-state index contributed by atoms with van der Waals surface area (Å²) in [7, 11) is 0. The molecule has 256 valence electrons. The van der Waals surface area contributed by atoms with Crippen LogP contribution in [0.5, 0.6) is 0 Å². The molecule has 0 N–H and O–H groups in total. The normalized spacial score (nSPS) is 16.1. The number of hydrogen-bond acceptors (Lipinski definition) is 3. The molecule has 6 aromatic rings. The number of benzene rings is 4. The van der Waals surface area contributed by atoms with Gasteiger partial charge in [0, 0.05) is 38.8 Å². The lowest BCUT2D eigenvalue weighted by Crippen LogP contribution is -2.12. The number of nitriles is 3. The van der Waals surface area contributed by atoms with Gasteiger partial charge >= 0.3 is 0 Å². The molecule has 2 aliphatic rings. The zero-order chi connectivity index (χ0) is 36.6. The van der Waals surface area contributed by atoms with E-state index in [1.165, 1.54) is 33.4 Å². The number of para-hydroxylation sites is 1. The Morgan fingerprint density at radius 3 is 2.36 bits per heavy atom. The summed E-state index contributed by atoms with van der Waals surface area (Å²) in [6.07, 6.45) is 13.8. The van der Waals surface area contributed by atoms with Crippen LogP contribution in [-0.2, 0) is 6.42 Å². The number of allylic oxidation sites excluding steroid dienone is 9. The van der Waals surface area contributed by atoms with Gasteiger partial charge < -0.3 is 9.13 Å². The fourth-order valence-electron chi connectivity index (χ4n) is 8.68. The van der Waals surface area contributed by atoms with Crippen molar-refractivity contribution < 1.29 is 0 Å². The molecule has 0 spiro atoms. The van der Waals surface area contributed by atoms with Crippen LogP contribution in [0.1, 0.15) is 72.5 Å². The lowest BCUT2D eigenvalue weighted by molar-refractivity contribution is 0.736. The van der Waals surface area contributed by atoms with Gasteiger partial charge in [-0.1, -0.05) is 73.7 Å². The summed E-state index contributed by atoms with van der Waals surface area (Å²) in [6, 6.07) is 36.0. The molecular weight excluding hydrogens is 647 g/mol. The second-order valence-electron chi connectivity index (χ2n) is 14.1. The van der Waals surface area contributed by atoms with Crippen LogP contribution in [-0.4, -0.2) is 9.13 Å². The van der Waals surface area contributed by atoms with Crippen molar-refractivity contribution in [1.82, 2.24) is 9.13 Å². The quantitative estimate of drug-likeness (QED) is 0.157. The first-order valence-electron chi connectivity index (χ1n) is 18.4. The first-order chi connectivity index (χ1) is 26.0. The third-order valence-electron chi connectivity index (χ3n) is 11.1. The molecule has 8 rings (SSSR count). The van der Waals surface area contributed by atoms with Gasteiger partial charge in [-0.2, -0.15) is 15.8 Å². The highest BCUT2D eigenvalue weighted by atomic mass is 15.0. The van der Waals surface area contributed by atoms with Crippen molar-refractivity contribution in [2.75, 3.05) is 0 Å². The molecule has 1 unspecified atom stereocenters. The highest BCUT2D eigenvalue weighted by Crippen LogP contribution is 2.45. The molecule has 0 fully saturated rings. The number of aryl methyl sites for hydroxylation is 1. The predicted molar refractivity (Wildman–Crippen MR) is 217 cm³/mol. The lowest BCUT2D eigenvalue weighted by Gasteiger charge is -2.27. The zero-order valence-electron chi connectivity index (χ0n) is 30.2. The molecule has 0 saturated heterocycles. The van der Waals surface area contributed by atoms with E-state index in [1.54, 1.807) is 0 Å². The van der Waals surface area contributed by atoms with E-state index in [0.29, 0.717) is 16.7 Å². The van der Waals surface area contributed by atoms with E-state index >= 15 is 0 Å². The third-order valence-corrected chi connectivity index (χ3v) is 11.1. The largest absolute Gasteiger partial charge is 0.317 e. The molecule has 2 heterocycles. The number of hydrogen-bond donors (Lipinski definition) is 0. The predicted octanol–water partition coefficient (Wildman–Crippen LogP) is 11.9. The molecule has 1 atom stereocenters. The maximum Gasteiger partial charge on any atom is 0.0998 e. The van der Waals surface area contributed by atoms with Gasteiger partial charge in [0.15, 0.2) is 0 Å². The minimum absolute atomic E-state index is 0.213. The molecule has 2 aliphatic carbocycles. The van der Waals surface area contributed by atoms with Crippen LogP contribution in [0.15, 0.2) is 121 Å². The van der Waals surface area contributed by atoms with E-state index in [4.69, 9.17) is 0 Å². The fraction of sp³-hybridized carbons (Fsp3) is 0.188. The van der Waals surface area contributed by atoms with Crippen molar-refractivity contribution in [2.24, 2.45) is 5.92 Å². The Kier molecular flexibility index (Phi) is 8.76. The van der Waals surface area contributed by atoms with Crippen LogP contribution in [0.4, 0.5) is 0 Å². The second-order valence-corrected chi connectivity index (χ2v) is 14.1. The molecular formula is C48H39N5. The number of fused-ring (bicyclic) bond motifs is 4. The first-order valence-corrected chi connectivity index (χ1v) is 18.4. The molecule has 2 aromatic heterocycles. The van der Waals surface area contributed by atoms with Crippen molar-refractivity contribution in [3.63, 3.8) is 0 Å².